The van der Waals surface area contributed by atoms with Gasteiger partial charge in [0.2, 0.25) is 10.0 Å². The van der Waals surface area contributed by atoms with E-state index < -0.39 is 21.5 Å². The Morgan fingerprint density at radius 2 is 2.17 bits per heavy atom. The fraction of sp³-hybridized carbons (Fsp3) is 0.500. The van der Waals surface area contributed by atoms with Crippen molar-refractivity contribution in [1.29, 1.82) is 0 Å². The molecule has 130 valence electrons. The third-order valence-electron chi connectivity index (χ3n) is 3.81. The summed E-state index contributed by atoms with van der Waals surface area (Å²) < 4.78 is 22.7. The quantitative estimate of drug-likeness (QED) is 0.595. The zero-order valence-corrected chi connectivity index (χ0v) is 14.5. The summed E-state index contributed by atoms with van der Waals surface area (Å²) in [5, 5.41) is 21.2. The maximum Gasteiger partial charge on any atom is 0.251 e. The van der Waals surface area contributed by atoms with Crippen LogP contribution in [-0.2, 0) is 10.0 Å². The number of benzene rings is 1. The predicted octanol–water partition coefficient (Wildman–Crippen LogP) is -0.0915. The van der Waals surface area contributed by atoms with Crippen molar-refractivity contribution in [3.05, 3.63) is 29.3 Å². The van der Waals surface area contributed by atoms with Crippen LogP contribution in [0.15, 0.2) is 23.1 Å². The Kier molecular flexibility index (Phi) is 6.55. The molecule has 1 saturated heterocycles. The largest absolute Gasteiger partial charge is 0.387 e. The Morgan fingerprint density at radius 3 is 2.74 bits per heavy atom. The molecular weight excluding hydrogens is 342 g/mol. The Balaban J connectivity index is 0.00000264. The van der Waals surface area contributed by atoms with Gasteiger partial charge in [-0.05, 0) is 44.0 Å². The summed E-state index contributed by atoms with van der Waals surface area (Å²) in [6, 6.07) is 4.15. The van der Waals surface area contributed by atoms with Crippen molar-refractivity contribution in [1.82, 2.24) is 10.6 Å². The van der Waals surface area contributed by atoms with Gasteiger partial charge in [0.1, 0.15) is 0 Å². The van der Waals surface area contributed by atoms with Crippen LogP contribution in [0.4, 0.5) is 0 Å². The van der Waals surface area contributed by atoms with Gasteiger partial charge in [0.25, 0.3) is 5.91 Å². The number of sulfonamides is 1. The summed E-state index contributed by atoms with van der Waals surface area (Å²) in [7, 11) is -3.86. The highest BCUT2D eigenvalue weighted by molar-refractivity contribution is 7.89. The standard InChI is InChI=1S/C14H21N3O4S.ClH/c1-10-3-4-11(22(15,20)21)7-12(10)13(18)17-9-14(19)5-2-6-16-8-14;/h3-4,7,16,19H,2,5-6,8-9H2,1H3,(H,17,18)(H2,15,20,21);1H. The van der Waals surface area contributed by atoms with E-state index in [1.165, 1.54) is 18.2 Å². The average molecular weight is 364 g/mol. The Bertz CT molecular complexity index is 673. The van der Waals surface area contributed by atoms with Crippen LogP contribution in [0.5, 0.6) is 0 Å². The highest BCUT2D eigenvalue weighted by atomic mass is 35.5. The number of hydrogen-bond donors (Lipinski definition) is 4. The lowest BCUT2D eigenvalue weighted by Crippen LogP contribution is -2.52. The lowest BCUT2D eigenvalue weighted by molar-refractivity contribution is 0.0170. The number of primary sulfonamides is 1. The van der Waals surface area contributed by atoms with Gasteiger partial charge in [0.15, 0.2) is 0 Å². The molecule has 0 bridgehead atoms. The molecule has 1 amide bonds. The van der Waals surface area contributed by atoms with Crippen LogP contribution in [0.3, 0.4) is 0 Å². The van der Waals surface area contributed by atoms with Crippen LogP contribution in [-0.4, -0.2) is 44.7 Å². The second-order valence-corrected chi connectivity index (χ2v) is 7.27. The number of hydrogen-bond acceptors (Lipinski definition) is 5. The number of nitrogens with two attached hydrogens (primary N) is 1. The molecular formula is C14H22ClN3O4S. The fourth-order valence-electron chi connectivity index (χ4n) is 2.47. The van der Waals surface area contributed by atoms with Crippen molar-refractivity contribution in [3.8, 4) is 0 Å². The second-order valence-electron chi connectivity index (χ2n) is 5.71. The van der Waals surface area contributed by atoms with Crippen molar-refractivity contribution < 1.29 is 18.3 Å². The molecule has 1 unspecified atom stereocenters. The summed E-state index contributed by atoms with van der Waals surface area (Å²) in [5.74, 6) is -0.429. The molecule has 0 aromatic heterocycles. The maximum atomic E-state index is 12.3. The minimum Gasteiger partial charge on any atom is -0.387 e. The smallest absolute Gasteiger partial charge is 0.251 e. The van der Waals surface area contributed by atoms with Gasteiger partial charge in [-0.25, -0.2) is 13.6 Å². The fourth-order valence-corrected chi connectivity index (χ4v) is 3.01. The number of aryl methyl sites for hydroxylation is 1. The summed E-state index contributed by atoms with van der Waals surface area (Å²) >= 11 is 0. The number of carbonyl (C=O) groups excluding carboxylic acids is 1. The van der Waals surface area contributed by atoms with E-state index in [4.69, 9.17) is 5.14 Å². The van der Waals surface area contributed by atoms with Crippen molar-refractivity contribution in [2.24, 2.45) is 5.14 Å². The number of carbonyl (C=O) groups is 1. The van der Waals surface area contributed by atoms with Crippen molar-refractivity contribution in [2.45, 2.75) is 30.3 Å². The first-order chi connectivity index (χ1) is 10.2. The third kappa shape index (κ3) is 5.15. The second kappa shape index (κ2) is 7.59. The highest BCUT2D eigenvalue weighted by Crippen LogP contribution is 2.17. The minimum atomic E-state index is -3.86. The number of piperidine rings is 1. The van der Waals surface area contributed by atoms with E-state index in [1.54, 1.807) is 6.92 Å². The number of halogens is 1. The van der Waals surface area contributed by atoms with Gasteiger partial charge in [-0.2, -0.15) is 0 Å². The molecule has 1 aliphatic rings. The zero-order chi connectivity index (χ0) is 16.4. The van der Waals surface area contributed by atoms with Crippen molar-refractivity contribution in [2.75, 3.05) is 19.6 Å². The van der Waals surface area contributed by atoms with E-state index in [-0.39, 0.29) is 29.4 Å². The number of amides is 1. The van der Waals surface area contributed by atoms with Gasteiger partial charge < -0.3 is 15.7 Å². The molecule has 2 rings (SSSR count). The maximum absolute atomic E-state index is 12.3. The molecule has 1 heterocycles. The summed E-state index contributed by atoms with van der Waals surface area (Å²) in [6.07, 6.45) is 1.45. The molecule has 1 aliphatic heterocycles. The molecule has 1 aromatic carbocycles. The van der Waals surface area contributed by atoms with Crippen LogP contribution in [0.1, 0.15) is 28.8 Å². The summed E-state index contributed by atoms with van der Waals surface area (Å²) in [6.45, 7) is 3.09. The molecule has 23 heavy (non-hydrogen) atoms. The molecule has 1 aromatic rings. The molecule has 0 aliphatic carbocycles. The molecule has 9 heteroatoms. The van der Waals surface area contributed by atoms with Gasteiger partial charge in [-0.3, -0.25) is 4.79 Å². The van der Waals surface area contributed by atoms with Gasteiger partial charge in [-0.1, -0.05) is 6.07 Å². The van der Waals surface area contributed by atoms with E-state index in [0.29, 0.717) is 18.5 Å². The molecule has 1 fully saturated rings. The number of rotatable bonds is 4. The third-order valence-corrected chi connectivity index (χ3v) is 4.72. The number of β-amino-alcohol motifs (C(OH)–C–C–N with tert-alkyl or cyclic N) is 1. The molecule has 5 N–H and O–H groups in total. The van der Waals surface area contributed by atoms with E-state index in [0.717, 1.165) is 13.0 Å². The lowest BCUT2D eigenvalue weighted by atomic mass is 9.94. The first-order valence-corrected chi connectivity index (χ1v) is 8.61. The van der Waals surface area contributed by atoms with Crippen LogP contribution in [0.2, 0.25) is 0 Å². The van der Waals surface area contributed by atoms with Crippen LogP contribution in [0, 0.1) is 6.92 Å². The zero-order valence-electron chi connectivity index (χ0n) is 12.8. The Morgan fingerprint density at radius 1 is 1.48 bits per heavy atom. The van der Waals surface area contributed by atoms with Crippen LogP contribution < -0.4 is 15.8 Å². The normalized spacial score (nSPS) is 21.3. The SMILES string of the molecule is Cc1ccc(S(N)(=O)=O)cc1C(=O)NCC1(O)CCCNC1.Cl. The van der Waals surface area contributed by atoms with Gasteiger partial charge in [-0.15, -0.1) is 12.4 Å². The number of aliphatic hydroxyl groups is 1. The predicted molar refractivity (Wildman–Crippen MR) is 89.2 cm³/mol. The minimum absolute atomic E-state index is 0. The lowest BCUT2D eigenvalue weighted by Gasteiger charge is -2.32. The Hall–Kier alpha value is -1.19. The summed E-state index contributed by atoms with van der Waals surface area (Å²) in [4.78, 5) is 12.1. The molecule has 0 spiro atoms. The topological polar surface area (TPSA) is 122 Å². The van der Waals surface area contributed by atoms with Crippen molar-refractivity contribution in [3.63, 3.8) is 0 Å². The molecule has 7 nitrogen and oxygen atoms in total. The van der Waals surface area contributed by atoms with Gasteiger partial charge in [0, 0.05) is 18.7 Å². The monoisotopic (exact) mass is 363 g/mol. The molecule has 1 atom stereocenters. The van der Waals surface area contributed by atoms with Crippen LogP contribution >= 0.6 is 12.4 Å². The van der Waals surface area contributed by atoms with E-state index >= 15 is 0 Å². The first kappa shape index (κ1) is 19.9. The first-order valence-electron chi connectivity index (χ1n) is 7.06. The van der Waals surface area contributed by atoms with Crippen molar-refractivity contribution >= 4 is 28.3 Å². The van der Waals surface area contributed by atoms with E-state index in [9.17, 15) is 18.3 Å². The average Bonchev–Trinajstić information content (AvgIpc) is 2.45. The number of nitrogens with one attached hydrogen (secondary N) is 2. The van der Waals surface area contributed by atoms with Gasteiger partial charge >= 0.3 is 0 Å². The van der Waals surface area contributed by atoms with E-state index in [2.05, 4.69) is 10.6 Å². The molecule has 0 radical (unpaired) electrons. The Labute approximate surface area is 142 Å². The molecule has 0 saturated carbocycles. The van der Waals surface area contributed by atoms with E-state index in [1.807, 2.05) is 0 Å². The summed E-state index contributed by atoms with van der Waals surface area (Å²) in [5.41, 5.74) is -0.100. The van der Waals surface area contributed by atoms with Crippen LogP contribution in [0.25, 0.3) is 0 Å². The highest BCUT2D eigenvalue weighted by Gasteiger charge is 2.29. The van der Waals surface area contributed by atoms with Gasteiger partial charge in [0.05, 0.1) is 10.5 Å².